The molecular weight excluding hydrogens is 180 g/mol. The Morgan fingerprint density at radius 3 is 1.67 bits per heavy atom. The van der Waals surface area contributed by atoms with E-state index in [2.05, 4.69) is 0 Å². The van der Waals surface area contributed by atoms with Crippen molar-refractivity contribution in [3.63, 3.8) is 0 Å². The van der Waals surface area contributed by atoms with Gasteiger partial charge in [-0.15, -0.1) is 0 Å². The van der Waals surface area contributed by atoms with Gasteiger partial charge in [0.1, 0.15) is 0 Å². The number of hydrogen-bond acceptors (Lipinski definition) is 5. The maximum Gasteiger partial charge on any atom is 0.0689 e. The van der Waals surface area contributed by atoms with Gasteiger partial charge in [0.05, 0.1) is 11.7 Å². The quantitative estimate of drug-likeness (QED) is 0.300. The molecule has 0 unspecified atom stereocenters. The third kappa shape index (κ3) is 594. The van der Waals surface area contributed by atoms with Crippen LogP contribution in [0.1, 0.15) is 0 Å². The molecule has 3 N–H and O–H groups in total. The summed E-state index contributed by atoms with van der Waals surface area (Å²) in [6.45, 7) is 0.472. The minimum Gasteiger partial charge on any atom is -0.395 e. The zero-order valence-electron chi connectivity index (χ0n) is 4.41. The fourth-order valence-corrected chi connectivity index (χ4v) is 0. The molecule has 0 aromatic carbocycles. The number of hydrogen-bond donors (Lipinski definition) is 2. The number of rotatable bonds is 1. The second kappa shape index (κ2) is 15.6. The fourth-order valence-electron chi connectivity index (χ4n) is 0. The summed E-state index contributed by atoms with van der Waals surface area (Å²) in [7, 11) is 0. The van der Waals surface area contributed by atoms with Gasteiger partial charge in [0.15, 0.2) is 0 Å². The summed E-state index contributed by atoms with van der Waals surface area (Å²) >= 11 is 0. The van der Waals surface area contributed by atoms with Crippen LogP contribution in [-0.2, 0) is 17.1 Å². The number of nitrogens with zero attached hydrogens (tertiary/aromatic N) is 1. The summed E-state index contributed by atoms with van der Waals surface area (Å²) in [5.74, 6) is 0. The van der Waals surface area contributed by atoms with E-state index in [4.69, 9.17) is 26.2 Å². The SMILES string of the molecule is NCCO.O=[N+]([O-])[O-].[Cu]. The Labute approximate surface area is 62.2 Å². The Morgan fingerprint density at radius 1 is 1.56 bits per heavy atom. The Bertz CT molecular complexity index is 54.5. The van der Waals surface area contributed by atoms with Gasteiger partial charge >= 0.3 is 0 Å². The van der Waals surface area contributed by atoms with Crippen molar-refractivity contribution < 1.29 is 27.3 Å². The van der Waals surface area contributed by atoms with E-state index in [1.54, 1.807) is 0 Å². The zero-order chi connectivity index (χ0) is 6.99. The summed E-state index contributed by atoms with van der Waals surface area (Å²) in [4.78, 5) is 8.25. The van der Waals surface area contributed by atoms with Gasteiger partial charge in [-0.05, 0) is 0 Å². The maximum absolute atomic E-state index is 8.25. The number of aliphatic hydroxyl groups excluding tert-OH is 1. The molecule has 1 radical (unpaired) electrons. The van der Waals surface area contributed by atoms with Gasteiger partial charge in [0.25, 0.3) is 0 Å². The van der Waals surface area contributed by atoms with E-state index < -0.39 is 5.09 Å². The van der Waals surface area contributed by atoms with Crippen molar-refractivity contribution in [1.82, 2.24) is 0 Å². The van der Waals surface area contributed by atoms with Crippen molar-refractivity contribution in [3.05, 3.63) is 15.3 Å². The molecule has 0 spiro atoms. The monoisotopic (exact) mass is 186 g/mol. The van der Waals surface area contributed by atoms with Crippen LogP contribution in [0.5, 0.6) is 0 Å². The molecule has 0 heterocycles. The smallest absolute Gasteiger partial charge is 0.0689 e. The Morgan fingerprint density at radius 2 is 1.67 bits per heavy atom. The minimum absolute atomic E-state index is 0. The average Bonchev–Trinajstić information content (AvgIpc) is 1.65. The van der Waals surface area contributed by atoms with Crippen LogP contribution < -0.4 is 5.73 Å². The molecule has 0 aliphatic carbocycles. The zero-order valence-corrected chi connectivity index (χ0v) is 5.35. The maximum atomic E-state index is 8.25. The van der Waals surface area contributed by atoms with E-state index in [1.165, 1.54) is 0 Å². The third-order valence-electron chi connectivity index (χ3n) is 0.129. The molecule has 0 aliphatic rings. The molecule has 6 nitrogen and oxygen atoms in total. The standard InChI is InChI=1S/C2H7NO.Cu.NO3/c3-1-2-4;;2-1(3)4/h4H,1-3H2;;/q;;-1. The molecule has 0 rings (SSSR count). The van der Waals surface area contributed by atoms with E-state index in [-0.39, 0.29) is 23.7 Å². The van der Waals surface area contributed by atoms with Gasteiger partial charge in [-0.3, -0.25) is 0 Å². The summed E-state index contributed by atoms with van der Waals surface area (Å²) < 4.78 is 0. The first kappa shape index (κ1) is 15.9. The second-order valence-corrected chi connectivity index (χ2v) is 0.736. The van der Waals surface area contributed by atoms with Crippen LogP contribution in [-0.4, -0.2) is 23.3 Å². The van der Waals surface area contributed by atoms with Crippen molar-refractivity contribution in [3.8, 4) is 0 Å². The second-order valence-electron chi connectivity index (χ2n) is 0.736. The van der Waals surface area contributed by atoms with Crippen LogP contribution in [0.15, 0.2) is 0 Å². The van der Waals surface area contributed by atoms with E-state index in [9.17, 15) is 0 Å². The molecule has 0 aliphatic heterocycles. The van der Waals surface area contributed by atoms with Crippen molar-refractivity contribution in [1.29, 1.82) is 0 Å². The predicted molar refractivity (Wildman–Crippen MR) is 26.5 cm³/mol. The molecule has 0 fully saturated rings. The molecule has 0 saturated heterocycles. The Kier molecular flexibility index (Phi) is 27.6. The van der Waals surface area contributed by atoms with Crippen molar-refractivity contribution >= 4 is 0 Å². The van der Waals surface area contributed by atoms with Crippen LogP contribution in [0.25, 0.3) is 0 Å². The summed E-state index contributed by atoms with van der Waals surface area (Å²) in [5, 5.41) is 22.5. The molecule has 0 aromatic heterocycles. The number of nitrogens with two attached hydrogens (primary N) is 1. The van der Waals surface area contributed by atoms with Crippen LogP contribution in [0.3, 0.4) is 0 Å². The van der Waals surface area contributed by atoms with Crippen LogP contribution in [0.4, 0.5) is 0 Å². The molecule has 0 saturated carbocycles. The molecule has 0 bridgehead atoms. The summed E-state index contributed by atoms with van der Waals surface area (Å²) in [6, 6.07) is 0. The van der Waals surface area contributed by atoms with E-state index >= 15 is 0 Å². The molecule has 61 valence electrons. The van der Waals surface area contributed by atoms with E-state index in [1.807, 2.05) is 0 Å². The van der Waals surface area contributed by atoms with E-state index in [0.29, 0.717) is 6.54 Å². The number of aliphatic hydroxyl groups is 1. The Hall–Kier alpha value is -0.361. The van der Waals surface area contributed by atoms with E-state index in [0.717, 1.165) is 0 Å². The van der Waals surface area contributed by atoms with Crippen molar-refractivity contribution in [2.24, 2.45) is 5.73 Å². The van der Waals surface area contributed by atoms with Gasteiger partial charge in [-0.1, -0.05) is 0 Å². The molecule has 0 aromatic rings. The molecule has 0 amide bonds. The molecule has 7 heteroatoms. The summed E-state index contributed by atoms with van der Waals surface area (Å²) in [5.41, 5.74) is 4.78. The first-order chi connectivity index (χ1) is 3.65. The fraction of sp³-hybridized carbons (Fsp3) is 1.00. The molecule has 0 atom stereocenters. The average molecular weight is 187 g/mol. The topological polar surface area (TPSA) is 112 Å². The van der Waals surface area contributed by atoms with Gasteiger partial charge in [0.2, 0.25) is 0 Å². The molecular formula is C2H7CuN2O4-. The predicted octanol–water partition coefficient (Wildman–Crippen LogP) is -1.30. The largest absolute Gasteiger partial charge is 0.395 e. The Balaban J connectivity index is -0.0000000720. The van der Waals surface area contributed by atoms with Crippen molar-refractivity contribution in [2.45, 2.75) is 0 Å². The van der Waals surface area contributed by atoms with Crippen molar-refractivity contribution in [2.75, 3.05) is 13.2 Å². The van der Waals surface area contributed by atoms with Gasteiger partial charge < -0.3 is 26.2 Å². The van der Waals surface area contributed by atoms with Gasteiger partial charge in [-0.25, -0.2) is 0 Å². The summed E-state index contributed by atoms with van der Waals surface area (Å²) in [6.07, 6.45) is 0. The van der Waals surface area contributed by atoms with Crippen LogP contribution in [0.2, 0.25) is 0 Å². The normalized spacial score (nSPS) is 6.00. The van der Waals surface area contributed by atoms with Crippen LogP contribution in [0, 0.1) is 15.3 Å². The first-order valence-corrected chi connectivity index (χ1v) is 1.77. The van der Waals surface area contributed by atoms with Gasteiger partial charge in [-0.2, -0.15) is 0 Å². The van der Waals surface area contributed by atoms with Crippen LogP contribution >= 0.6 is 0 Å². The third-order valence-corrected chi connectivity index (χ3v) is 0.129. The van der Waals surface area contributed by atoms with Gasteiger partial charge in [0, 0.05) is 23.6 Å². The minimum atomic E-state index is -1.75. The first-order valence-electron chi connectivity index (χ1n) is 1.77. The molecule has 9 heavy (non-hydrogen) atoms.